The van der Waals surface area contributed by atoms with Gasteiger partial charge in [0.25, 0.3) is 0 Å². The Balaban J connectivity index is 0.000000194. The lowest BCUT2D eigenvalue weighted by atomic mass is 9.93. The highest BCUT2D eigenvalue weighted by Crippen LogP contribution is 2.40. The molecular formula is C35H41ClF2NO3P. The highest BCUT2D eigenvalue weighted by Gasteiger charge is 2.29. The summed E-state index contributed by atoms with van der Waals surface area (Å²) in [6, 6.07) is 21.7. The van der Waals surface area contributed by atoms with E-state index in [4.69, 9.17) is 22.1 Å². The van der Waals surface area contributed by atoms with Gasteiger partial charge in [0.1, 0.15) is 5.75 Å². The number of aromatic carboxylic acids is 1. The first kappa shape index (κ1) is 34.4. The van der Waals surface area contributed by atoms with Crippen molar-refractivity contribution >= 4 is 32.5 Å². The third-order valence-corrected chi connectivity index (χ3v) is 7.71. The molecule has 0 aromatic heterocycles. The molecular weight excluding hydrogens is 587 g/mol. The van der Waals surface area contributed by atoms with Gasteiger partial charge in [0.2, 0.25) is 0 Å². The lowest BCUT2D eigenvalue weighted by molar-refractivity contribution is -0.0893. The smallest absolute Gasteiger partial charge is 0.408 e. The predicted molar refractivity (Wildman–Crippen MR) is 175 cm³/mol. The van der Waals surface area contributed by atoms with Crippen molar-refractivity contribution in [1.29, 1.82) is 5.41 Å². The van der Waals surface area contributed by atoms with Gasteiger partial charge in [-0.15, -0.1) is 0 Å². The first-order valence-electron chi connectivity index (χ1n) is 14.7. The van der Waals surface area contributed by atoms with Crippen molar-refractivity contribution in [1.82, 2.24) is 0 Å². The molecule has 0 spiro atoms. The fourth-order valence-corrected chi connectivity index (χ4v) is 5.12. The minimum atomic E-state index is -3.34. The summed E-state index contributed by atoms with van der Waals surface area (Å²) < 4.78 is 30.8. The number of allylic oxidation sites excluding steroid dienone is 2. The van der Waals surface area contributed by atoms with Crippen molar-refractivity contribution in [2.75, 3.05) is 0 Å². The average Bonchev–Trinajstić information content (AvgIpc) is 3.88. The van der Waals surface area contributed by atoms with E-state index in [1.54, 1.807) is 30.3 Å². The molecule has 2 saturated carbocycles. The van der Waals surface area contributed by atoms with Gasteiger partial charge in [-0.25, -0.2) is 4.79 Å². The molecule has 1 atom stereocenters. The lowest BCUT2D eigenvalue weighted by Gasteiger charge is -2.18. The summed E-state index contributed by atoms with van der Waals surface area (Å²) in [5.41, 5.74) is 5.81. The Labute approximate surface area is 261 Å². The van der Waals surface area contributed by atoms with Gasteiger partial charge in [-0.1, -0.05) is 73.8 Å². The van der Waals surface area contributed by atoms with Crippen LogP contribution < -0.4 is 4.74 Å². The quantitative estimate of drug-likeness (QED) is 0.173. The summed E-state index contributed by atoms with van der Waals surface area (Å²) >= 11 is 5.78. The van der Waals surface area contributed by atoms with Gasteiger partial charge in [-0.3, -0.25) is 5.41 Å². The topological polar surface area (TPSA) is 70.4 Å². The van der Waals surface area contributed by atoms with Crippen molar-refractivity contribution in [3.63, 3.8) is 0 Å². The molecule has 2 N–H and O–H groups in total. The van der Waals surface area contributed by atoms with Crippen LogP contribution in [0.3, 0.4) is 0 Å². The molecule has 0 radical (unpaired) electrons. The molecule has 0 bridgehead atoms. The molecule has 0 saturated heterocycles. The van der Waals surface area contributed by atoms with Crippen molar-refractivity contribution in [2.24, 2.45) is 5.92 Å². The first-order valence-corrected chi connectivity index (χ1v) is 15.7. The number of hydrogen-bond acceptors (Lipinski definition) is 3. The van der Waals surface area contributed by atoms with Crippen LogP contribution in [0, 0.1) is 11.3 Å². The predicted octanol–water partition coefficient (Wildman–Crippen LogP) is 10.5. The van der Waals surface area contributed by atoms with E-state index in [0.29, 0.717) is 29.4 Å². The van der Waals surface area contributed by atoms with E-state index >= 15 is 0 Å². The van der Waals surface area contributed by atoms with Gasteiger partial charge in [0.05, 0.1) is 11.3 Å². The maximum Gasteiger partial charge on any atom is 0.408 e. The molecule has 230 valence electrons. The molecule has 3 aromatic rings. The number of carboxylic acid groups (broad SMARTS) is 1. The minimum absolute atomic E-state index is 0.0389. The summed E-state index contributed by atoms with van der Waals surface area (Å²) in [5, 5.41) is 17.9. The van der Waals surface area contributed by atoms with Crippen LogP contribution in [-0.2, 0) is 6.42 Å². The highest BCUT2D eigenvalue weighted by atomic mass is 35.5. The molecule has 2 aliphatic rings. The standard InChI is InChI=1S/C16H20F2NOP.C10H10O2.C9H11Cl/c1-3-12(10(2)11-8-9-11)15(19)13-6-4-5-7-14(13)20-16(17,18)21;11-10(12)9-5-3-8(4-6-9)7-1-2-7;1-2-4-8-5-3-6-9(10)7-8/h4-7,11,19H,3,8-9,21H2,1-2H3;3-7H,1-2H2,(H,11,12);3,5-7H,2,4H2,1H3/b12-10+,19-15?;;. The Kier molecular flexibility index (Phi) is 12.9. The molecule has 8 heteroatoms. The number of ether oxygens (including phenoxy) is 1. The zero-order chi connectivity index (χ0) is 31.6. The van der Waals surface area contributed by atoms with Gasteiger partial charge in [0, 0.05) is 10.6 Å². The van der Waals surface area contributed by atoms with E-state index in [2.05, 4.69) is 17.7 Å². The number of hydrogen-bond donors (Lipinski definition) is 2. The van der Waals surface area contributed by atoms with Crippen molar-refractivity contribution < 1.29 is 23.4 Å². The van der Waals surface area contributed by atoms with E-state index < -0.39 is 11.8 Å². The Hall–Kier alpha value is -3.08. The van der Waals surface area contributed by atoms with Crippen molar-refractivity contribution in [2.45, 2.75) is 77.5 Å². The second kappa shape index (κ2) is 16.1. The normalized spacial score (nSPS) is 14.8. The van der Waals surface area contributed by atoms with Crippen LogP contribution in [0.2, 0.25) is 5.02 Å². The number of rotatable bonds is 10. The molecule has 0 aliphatic heterocycles. The van der Waals surface area contributed by atoms with Crippen molar-refractivity contribution in [3.8, 4) is 5.75 Å². The number of para-hydroxylation sites is 1. The Bertz CT molecular complexity index is 1410. The second-order valence-corrected chi connectivity index (χ2v) is 12.0. The van der Waals surface area contributed by atoms with Crippen LogP contribution >= 0.6 is 20.8 Å². The number of alkyl halides is 2. The van der Waals surface area contributed by atoms with E-state index in [0.717, 1.165) is 29.9 Å². The highest BCUT2D eigenvalue weighted by molar-refractivity contribution is 7.17. The SMILES string of the molecule is CC/C(C(=N)c1ccccc1OC(F)(F)P)=C(/C)C1CC1.CCCc1cccc(Cl)c1.O=C(O)c1ccc(C2CC2)cc1. The molecule has 4 nitrogen and oxygen atoms in total. The van der Waals surface area contributed by atoms with E-state index in [-0.39, 0.29) is 11.5 Å². The maximum atomic E-state index is 13.1. The van der Waals surface area contributed by atoms with Crippen LogP contribution in [0.1, 0.15) is 92.3 Å². The van der Waals surface area contributed by atoms with Gasteiger partial charge in [-0.05, 0) is 120 Å². The van der Waals surface area contributed by atoms with Crippen LogP contribution in [-0.4, -0.2) is 22.6 Å². The summed E-state index contributed by atoms with van der Waals surface area (Å²) in [7, 11) is 1.36. The molecule has 3 aromatic carbocycles. The number of halogens is 3. The molecule has 5 rings (SSSR count). The minimum Gasteiger partial charge on any atom is -0.478 e. The molecule has 43 heavy (non-hydrogen) atoms. The number of benzene rings is 3. The van der Waals surface area contributed by atoms with E-state index in [1.165, 1.54) is 51.3 Å². The summed E-state index contributed by atoms with van der Waals surface area (Å²) in [6.45, 7) is 6.20. The van der Waals surface area contributed by atoms with Gasteiger partial charge >= 0.3 is 11.8 Å². The largest absolute Gasteiger partial charge is 0.478 e. The second-order valence-electron chi connectivity index (χ2n) is 10.9. The Morgan fingerprint density at radius 3 is 2.19 bits per heavy atom. The molecule has 2 aliphatic carbocycles. The monoisotopic (exact) mass is 627 g/mol. The fourth-order valence-electron chi connectivity index (χ4n) is 4.78. The van der Waals surface area contributed by atoms with Crippen molar-refractivity contribution in [3.05, 3.63) is 111 Å². The average molecular weight is 628 g/mol. The Morgan fingerprint density at radius 1 is 1.02 bits per heavy atom. The summed E-state index contributed by atoms with van der Waals surface area (Å²) in [5.74, 6) is -2.89. The number of carboxylic acids is 1. The van der Waals surface area contributed by atoms with Gasteiger partial charge in [0.15, 0.2) is 0 Å². The zero-order valence-electron chi connectivity index (χ0n) is 25.0. The summed E-state index contributed by atoms with van der Waals surface area (Å²) in [6.07, 6.45) is 7.85. The molecule has 0 amide bonds. The van der Waals surface area contributed by atoms with Crippen LogP contribution in [0.4, 0.5) is 8.78 Å². The van der Waals surface area contributed by atoms with E-state index in [1.807, 2.05) is 44.2 Å². The number of carbonyl (C=O) groups is 1. The number of aryl methyl sites for hydroxylation is 1. The lowest BCUT2D eigenvalue weighted by Crippen LogP contribution is -2.17. The zero-order valence-corrected chi connectivity index (χ0v) is 26.9. The van der Waals surface area contributed by atoms with Crippen LogP contribution in [0.25, 0.3) is 0 Å². The maximum absolute atomic E-state index is 13.1. The van der Waals surface area contributed by atoms with Crippen LogP contribution in [0.15, 0.2) is 83.9 Å². The molecule has 2 fully saturated rings. The Morgan fingerprint density at radius 2 is 1.67 bits per heavy atom. The fraction of sp³-hybridized carbons (Fsp3) is 0.371. The van der Waals surface area contributed by atoms with E-state index in [9.17, 15) is 13.6 Å². The molecule has 0 heterocycles. The first-order chi connectivity index (χ1) is 20.4. The van der Waals surface area contributed by atoms with Gasteiger partial charge < -0.3 is 9.84 Å². The van der Waals surface area contributed by atoms with Gasteiger partial charge in [-0.2, -0.15) is 8.78 Å². The molecule has 1 unspecified atom stereocenters. The summed E-state index contributed by atoms with van der Waals surface area (Å²) in [4.78, 5) is 10.5. The third-order valence-electron chi connectivity index (χ3n) is 7.36. The van der Waals surface area contributed by atoms with Crippen LogP contribution in [0.5, 0.6) is 5.75 Å². The number of nitrogens with one attached hydrogen (secondary N) is 1. The third kappa shape index (κ3) is 11.5.